The number of hydrogen-bond donors (Lipinski definition) is 7. The van der Waals surface area contributed by atoms with E-state index < -0.39 is 83.2 Å². The first kappa shape index (κ1) is 30.3. The Morgan fingerprint density at radius 2 is 1.67 bits per heavy atom. The molecule has 4 aromatic heterocycles. The Bertz CT molecular complexity index is 1930. The van der Waals surface area contributed by atoms with E-state index >= 15 is 0 Å². The fraction of sp³-hybridized carbons (Fsp3) is 0.476. The number of aliphatic hydroxyl groups is 2. The van der Waals surface area contributed by atoms with Crippen molar-refractivity contribution in [3.63, 3.8) is 0 Å². The van der Waals surface area contributed by atoms with E-state index in [4.69, 9.17) is 39.2 Å². The number of anilines is 2. The van der Waals surface area contributed by atoms with Gasteiger partial charge in [-0.1, -0.05) is 0 Å². The van der Waals surface area contributed by atoms with Gasteiger partial charge in [-0.3, -0.25) is 37.0 Å². The number of phosphoric ester groups is 1. The zero-order valence-electron chi connectivity index (χ0n) is 22.5. The van der Waals surface area contributed by atoms with Crippen LogP contribution in [0.4, 0.5) is 11.6 Å². The minimum Gasteiger partial charge on any atom is -0.397 e. The van der Waals surface area contributed by atoms with Gasteiger partial charge in [-0.25, -0.2) is 19.5 Å². The van der Waals surface area contributed by atoms with Gasteiger partial charge in [0.15, 0.2) is 48.0 Å². The van der Waals surface area contributed by atoms with Crippen LogP contribution in [-0.4, -0.2) is 104 Å². The van der Waals surface area contributed by atoms with E-state index in [9.17, 15) is 33.9 Å². The summed E-state index contributed by atoms with van der Waals surface area (Å²) in [5.41, 5.74) is 11.4. The Labute approximate surface area is 249 Å². The van der Waals surface area contributed by atoms with Gasteiger partial charge in [0.1, 0.15) is 29.9 Å². The molecule has 0 spiro atoms. The molecule has 4 unspecified atom stereocenters. The van der Waals surface area contributed by atoms with E-state index in [0.29, 0.717) is 0 Å². The summed E-state index contributed by atoms with van der Waals surface area (Å²) in [4.78, 5) is 52.2. The van der Waals surface area contributed by atoms with Gasteiger partial charge in [0.25, 0.3) is 5.56 Å². The minimum absolute atomic E-state index is 0.115. The van der Waals surface area contributed by atoms with Gasteiger partial charge in [0.05, 0.1) is 24.9 Å². The van der Waals surface area contributed by atoms with Crippen molar-refractivity contribution >= 4 is 49.4 Å². The van der Waals surface area contributed by atoms with Gasteiger partial charge >= 0.3 is 15.4 Å². The molecular formula is C21H25N9O13P2. The van der Waals surface area contributed by atoms with Crippen LogP contribution in [0, 0.1) is 0 Å². The number of nitrogen functional groups attached to an aromatic ring is 2. The number of imidazole rings is 2. The van der Waals surface area contributed by atoms with E-state index in [0.717, 1.165) is 10.9 Å². The number of rotatable bonds is 2. The molecule has 3 aliphatic heterocycles. The second kappa shape index (κ2) is 10.9. The molecule has 3 fully saturated rings. The summed E-state index contributed by atoms with van der Waals surface area (Å²) in [6.45, 7) is -0.808. The lowest BCUT2D eigenvalue weighted by Gasteiger charge is -2.26. The lowest BCUT2D eigenvalue weighted by atomic mass is 10.1. The van der Waals surface area contributed by atoms with Gasteiger partial charge in [-0.05, 0) is 6.07 Å². The zero-order chi connectivity index (χ0) is 31.8. The van der Waals surface area contributed by atoms with Gasteiger partial charge in [0, 0.05) is 6.20 Å². The highest BCUT2D eigenvalue weighted by molar-refractivity contribution is 7.52. The molecule has 24 heteroatoms. The highest BCUT2D eigenvalue weighted by Crippen LogP contribution is 2.53. The van der Waals surface area contributed by atoms with Crippen molar-refractivity contribution in [3.05, 3.63) is 35.3 Å². The van der Waals surface area contributed by atoms with Crippen molar-refractivity contribution in [2.24, 2.45) is 0 Å². The summed E-state index contributed by atoms with van der Waals surface area (Å²) >= 11 is 0. The molecular weight excluding hydrogens is 648 g/mol. The minimum atomic E-state index is -5.08. The van der Waals surface area contributed by atoms with Crippen LogP contribution in [0.5, 0.6) is 0 Å². The fourth-order valence-electron chi connectivity index (χ4n) is 5.30. The van der Waals surface area contributed by atoms with Gasteiger partial charge in [-0.2, -0.15) is 4.98 Å². The number of aliphatic hydroxyl groups excluding tert-OH is 2. The Balaban J connectivity index is 1.21. The van der Waals surface area contributed by atoms with Crippen molar-refractivity contribution < 1.29 is 56.9 Å². The molecule has 7 heterocycles. The number of fused-ring (bicyclic) bond motifs is 5. The van der Waals surface area contributed by atoms with Crippen LogP contribution < -0.4 is 17.0 Å². The van der Waals surface area contributed by atoms with Crippen LogP contribution in [0.3, 0.4) is 0 Å². The average Bonchev–Trinajstić information content (AvgIpc) is 3.72. The third kappa shape index (κ3) is 5.33. The fourth-order valence-corrected chi connectivity index (χ4v) is 7.23. The van der Waals surface area contributed by atoms with Gasteiger partial charge in [0.2, 0.25) is 5.95 Å². The molecule has 0 amide bonds. The first-order valence-electron chi connectivity index (χ1n) is 13.1. The predicted octanol–water partition coefficient (Wildman–Crippen LogP) is -1.74. The van der Waals surface area contributed by atoms with Crippen molar-refractivity contribution in [2.45, 2.75) is 49.3 Å². The zero-order valence-corrected chi connectivity index (χ0v) is 24.3. The van der Waals surface area contributed by atoms with Crippen LogP contribution in [0.1, 0.15) is 12.5 Å². The number of nitrogens with two attached hydrogens (primary N) is 2. The summed E-state index contributed by atoms with van der Waals surface area (Å²) in [5, 5.41) is 22.1. The molecule has 0 saturated carbocycles. The molecule has 7 rings (SSSR count). The summed E-state index contributed by atoms with van der Waals surface area (Å²) in [6.07, 6.45) is -10.3. The van der Waals surface area contributed by atoms with Crippen LogP contribution in [0.15, 0.2) is 29.7 Å². The number of H-pyrrole nitrogens is 1. The third-order valence-electron chi connectivity index (χ3n) is 7.32. The third-order valence-corrected chi connectivity index (χ3v) is 9.35. The van der Waals surface area contributed by atoms with Crippen molar-refractivity contribution in [1.29, 1.82) is 0 Å². The maximum absolute atomic E-state index is 13.3. The van der Waals surface area contributed by atoms with Crippen LogP contribution in [0.25, 0.3) is 22.3 Å². The summed E-state index contributed by atoms with van der Waals surface area (Å²) in [5.74, 6) is -0.276. The number of aromatic nitrogens is 7. The quantitative estimate of drug-likeness (QED) is 0.116. The van der Waals surface area contributed by atoms with E-state index in [2.05, 4.69) is 24.9 Å². The first-order valence-corrected chi connectivity index (χ1v) is 16.3. The number of pyridine rings is 1. The number of hydrogen-bond acceptors (Lipinski definition) is 17. The summed E-state index contributed by atoms with van der Waals surface area (Å²) in [7, 11) is -9.91. The van der Waals surface area contributed by atoms with Crippen molar-refractivity contribution in [3.8, 4) is 0 Å². The topological polar surface area (TPSA) is 317 Å². The van der Waals surface area contributed by atoms with E-state index in [1.165, 1.54) is 23.2 Å². The van der Waals surface area contributed by atoms with Crippen LogP contribution in [-0.2, 0) is 36.9 Å². The maximum Gasteiger partial charge on any atom is 0.472 e. The predicted molar refractivity (Wildman–Crippen MR) is 146 cm³/mol. The molecule has 9 N–H and O–H groups in total. The molecule has 0 aromatic carbocycles. The molecule has 0 radical (unpaired) electrons. The Morgan fingerprint density at radius 3 is 2.44 bits per heavy atom. The molecule has 242 valence electrons. The lowest BCUT2D eigenvalue weighted by molar-refractivity contribution is -0.167. The molecule has 3 aliphatic rings. The van der Waals surface area contributed by atoms with Gasteiger partial charge < -0.3 is 45.7 Å². The monoisotopic (exact) mass is 673 g/mol. The number of phosphoric acid groups is 1. The maximum atomic E-state index is 13.3. The molecule has 4 aromatic rings. The standard InChI is InChI=1S/C21H25N9O13P2/c22-7-1-2-24-15-9(7)25-4-29(15)18-12(32)14-20(41-18)38-6-44(34,35)42-13-11(31)8(3-39-45(36,37)43-14)40-19(13)30-5-26-10-16(30)27-21(23)28-17(10)33/h1-2,4-5,8,11-14,18-20,31-32H,3,6H2,(H2,22,24)(H,34,35)(H,36,37)(H3,23,27,28,33)/t8-,11?,12+,13+,14?,18-,19-,20+/m1/s1. The highest BCUT2D eigenvalue weighted by Gasteiger charge is 2.54. The molecule has 22 nitrogen and oxygen atoms in total. The second-order valence-electron chi connectivity index (χ2n) is 10.3. The normalized spacial score (nSPS) is 37.7. The Hall–Kier alpha value is -3.37. The average molecular weight is 673 g/mol. The molecule has 45 heavy (non-hydrogen) atoms. The van der Waals surface area contributed by atoms with Crippen molar-refractivity contribution in [1.82, 2.24) is 34.1 Å². The van der Waals surface area contributed by atoms with E-state index in [-0.39, 0.29) is 34.0 Å². The summed E-state index contributed by atoms with van der Waals surface area (Å²) in [6, 6.07) is 1.50. The molecule has 0 aliphatic carbocycles. The first-order chi connectivity index (χ1) is 21.3. The number of ether oxygens (including phenoxy) is 3. The van der Waals surface area contributed by atoms with Gasteiger partial charge in [-0.15, -0.1) is 0 Å². The number of aromatic amines is 1. The van der Waals surface area contributed by atoms with E-state index in [1.54, 1.807) is 0 Å². The molecule has 3 saturated heterocycles. The van der Waals surface area contributed by atoms with Crippen LogP contribution in [0.2, 0.25) is 0 Å². The van der Waals surface area contributed by atoms with E-state index in [1.807, 2.05) is 0 Å². The lowest BCUT2D eigenvalue weighted by Crippen LogP contribution is -2.35. The SMILES string of the molecule is Nc1nc2c(ncn2[C@@H]2O[C@@H]3COP(=O)(O)OC4[C@@H](OCP(=O)(O)O[C@H]2C3O)O[C@@H](n2cnc3c(N)ccnc32)[C@H]4O)c(=O)[nH]1. The van der Waals surface area contributed by atoms with Crippen molar-refractivity contribution in [2.75, 3.05) is 24.4 Å². The Morgan fingerprint density at radius 1 is 0.933 bits per heavy atom. The largest absolute Gasteiger partial charge is 0.472 e. The van der Waals surface area contributed by atoms with Crippen LogP contribution >= 0.6 is 15.4 Å². The highest BCUT2D eigenvalue weighted by atomic mass is 31.2. The smallest absolute Gasteiger partial charge is 0.397 e. The molecule has 10 atom stereocenters. The second-order valence-corrected chi connectivity index (χ2v) is 13.4. The Kier molecular flexibility index (Phi) is 7.32. The number of nitrogens with one attached hydrogen (secondary N) is 1. The molecule has 2 bridgehead atoms. The summed E-state index contributed by atoms with van der Waals surface area (Å²) < 4.78 is 61.5. The number of nitrogens with zero attached hydrogens (tertiary/aromatic N) is 6.